The Kier molecular flexibility index (Phi) is 8.11. The minimum absolute atomic E-state index is 0. The van der Waals surface area contributed by atoms with Crippen molar-refractivity contribution in [2.75, 3.05) is 6.61 Å². The molecule has 10 heteroatoms. The minimum atomic E-state index is -5.46. The summed E-state index contributed by atoms with van der Waals surface area (Å²) in [6.45, 7) is -5.81. The maximum Gasteiger partial charge on any atom is 1.00 e. The van der Waals surface area contributed by atoms with E-state index in [1.165, 1.54) is 0 Å². The topological polar surface area (TPSA) is 9.23 Å². The Bertz CT molecular complexity index is 433. The van der Waals surface area contributed by atoms with E-state index in [9.17, 15) is 30.5 Å². The van der Waals surface area contributed by atoms with E-state index in [0.29, 0.717) is 12.1 Å². The zero-order valence-corrected chi connectivity index (χ0v) is 13.6. The molecule has 0 bridgehead atoms. The smallest absolute Gasteiger partial charge is 0.493 e. The first-order chi connectivity index (χ1) is 8.59. The summed E-state index contributed by atoms with van der Waals surface area (Å²) in [5, 5.41) is 0. The van der Waals surface area contributed by atoms with E-state index in [1.54, 1.807) is 0 Å². The first-order valence-corrected chi connectivity index (χ1v) is 5.28. The van der Waals surface area contributed by atoms with Crippen LogP contribution in [0.25, 0.3) is 0 Å². The third-order valence-corrected chi connectivity index (χ3v) is 2.20. The van der Waals surface area contributed by atoms with Crippen molar-refractivity contribution in [1.29, 1.82) is 0 Å². The van der Waals surface area contributed by atoms with Crippen molar-refractivity contribution < 1.29 is 86.6 Å². The maximum atomic E-state index is 13.1. The number of ether oxygens (including phenoxy) is 1. The van der Waals surface area contributed by atoms with Crippen LogP contribution in [0.2, 0.25) is 0 Å². The molecule has 1 aromatic carbocycles. The van der Waals surface area contributed by atoms with Crippen molar-refractivity contribution in [1.82, 2.24) is 0 Å². The molecule has 0 unspecified atom stereocenters. The standard InChI is InChI=1S/C10H9BF7O.K/c12-9-6-7(2-3-8(9)11(16,17)18)19-5-1-4-10(13,14)15;/h2-3,6H,1,4-5H2;/q-1;+1. The van der Waals surface area contributed by atoms with Gasteiger partial charge in [0.2, 0.25) is 0 Å². The SMILES string of the molecule is Fc1cc(OCCCC(F)(F)F)ccc1[B-](F)(F)F.[K+]. The molecule has 0 aliphatic carbocycles. The predicted molar refractivity (Wildman–Crippen MR) is 55.9 cm³/mol. The zero-order valence-electron chi connectivity index (χ0n) is 10.5. The second-order valence-electron chi connectivity index (χ2n) is 3.83. The molecule has 1 nitrogen and oxygen atoms in total. The van der Waals surface area contributed by atoms with Gasteiger partial charge in [0.25, 0.3) is 0 Å². The van der Waals surface area contributed by atoms with Crippen LogP contribution in [-0.4, -0.2) is 19.8 Å². The molecule has 1 rings (SSSR count). The summed E-state index contributed by atoms with van der Waals surface area (Å²) in [6, 6.07) is 1.90. The average Bonchev–Trinajstić information content (AvgIpc) is 2.21. The molecule has 0 aliphatic heterocycles. The van der Waals surface area contributed by atoms with Crippen molar-refractivity contribution >= 4 is 12.4 Å². The monoisotopic (exact) mass is 328 g/mol. The molecule has 0 saturated carbocycles. The van der Waals surface area contributed by atoms with Crippen molar-refractivity contribution in [3.8, 4) is 5.75 Å². The Morgan fingerprint density at radius 1 is 1.10 bits per heavy atom. The van der Waals surface area contributed by atoms with E-state index >= 15 is 0 Å². The van der Waals surface area contributed by atoms with Crippen LogP contribution in [0.3, 0.4) is 0 Å². The minimum Gasteiger partial charge on any atom is -0.493 e. The summed E-state index contributed by atoms with van der Waals surface area (Å²) in [7, 11) is 0. The van der Waals surface area contributed by atoms with Gasteiger partial charge in [-0.05, 0) is 12.5 Å². The number of benzene rings is 1. The number of rotatable bonds is 5. The van der Waals surface area contributed by atoms with Crippen molar-refractivity contribution in [2.24, 2.45) is 0 Å². The summed E-state index contributed by atoms with van der Waals surface area (Å²) < 4.78 is 90.0. The molecule has 1 aromatic rings. The zero-order chi connectivity index (χ0) is 14.7. The fourth-order valence-corrected chi connectivity index (χ4v) is 1.33. The molecule has 0 saturated heterocycles. The second kappa shape index (κ2) is 8.02. The predicted octanol–water partition coefficient (Wildman–Crippen LogP) is 0.605. The van der Waals surface area contributed by atoms with E-state index in [-0.39, 0.29) is 70.2 Å². The fourth-order valence-electron chi connectivity index (χ4n) is 1.33. The van der Waals surface area contributed by atoms with Crippen LogP contribution in [0.15, 0.2) is 18.2 Å². The Morgan fingerprint density at radius 3 is 2.15 bits per heavy atom. The van der Waals surface area contributed by atoms with E-state index in [0.717, 1.165) is 6.07 Å². The molecule has 0 amide bonds. The van der Waals surface area contributed by atoms with Gasteiger partial charge in [-0.2, -0.15) is 13.2 Å². The average molecular weight is 328 g/mol. The summed E-state index contributed by atoms with van der Waals surface area (Å²) in [6.07, 6.45) is -5.74. The number of alkyl halides is 3. The van der Waals surface area contributed by atoms with Crippen LogP contribution >= 0.6 is 0 Å². The molecular formula is C10H9BF7KO. The molecular weight excluding hydrogens is 319 g/mol. The molecule has 20 heavy (non-hydrogen) atoms. The van der Waals surface area contributed by atoms with Gasteiger partial charge in [-0.3, -0.25) is 0 Å². The number of hydrogen-bond acceptors (Lipinski definition) is 1. The number of halogens is 7. The van der Waals surface area contributed by atoms with Gasteiger partial charge in [0.1, 0.15) is 5.75 Å². The Hall–Kier alpha value is 0.231. The van der Waals surface area contributed by atoms with Crippen molar-refractivity contribution in [3.05, 3.63) is 24.0 Å². The summed E-state index contributed by atoms with van der Waals surface area (Å²) >= 11 is 0. The first kappa shape index (κ1) is 20.2. The van der Waals surface area contributed by atoms with Gasteiger partial charge in [-0.15, -0.1) is 0 Å². The van der Waals surface area contributed by atoms with Crippen LogP contribution in [0.1, 0.15) is 12.8 Å². The Balaban J connectivity index is 0.00000361. The van der Waals surface area contributed by atoms with Crippen LogP contribution in [0, 0.1) is 5.82 Å². The molecule has 108 valence electrons. The molecule has 0 atom stereocenters. The second-order valence-corrected chi connectivity index (χ2v) is 3.83. The Morgan fingerprint density at radius 2 is 1.70 bits per heavy atom. The molecule has 0 radical (unpaired) electrons. The van der Waals surface area contributed by atoms with E-state index < -0.39 is 30.9 Å². The summed E-state index contributed by atoms with van der Waals surface area (Å²) in [5.41, 5.74) is -1.39. The van der Waals surface area contributed by atoms with Gasteiger partial charge < -0.3 is 17.7 Å². The van der Waals surface area contributed by atoms with Crippen LogP contribution in [-0.2, 0) is 0 Å². The molecule has 0 spiro atoms. The largest absolute Gasteiger partial charge is 1.00 e. The first-order valence-electron chi connectivity index (χ1n) is 5.28. The third kappa shape index (κ3) is 7.30. The normalized spacial score (nSPS) is 11.9. The molecule has 0 N–H and O–H groups in total. The van der Waals surface area contributed by atoms with Gasteiger partial charge in [0.15, 0.2) is 0 Å². The van der Waals surface area contributed by atoms with E-state index in [1.807, 2.05) is 0 Å². The molecule has 0 heterocycles. The van der Waals surface area contributed by atoms with Gasteiger partial charge >= 0.3 is 64.5 Å². The third-order valence-electron chi connectivity index (χ3n) is 2.20. The van der Waals surface area contributed by atoms with Gasteiger partial charge in [-0.25, -0.2) is 4.39 Å². The van der Waals surface area contributed by atoms with E-state index in [4.69, 9.17) is 4.74 Å². The van der Waals surface area contributed by atoms with Gasteiger partial charge in [0.05, 0.1) is 12.4 Å². The van der Waals surface area contributed by atoms with Crippen LogP contribution in [0.5, 0.6) is 5.75 Å². The summed E-state index contributed by atoms with van der Waals surface area (Å²) in [5.74, 6) is -1.73. The maximum absolute atomic E-state index is 13.1. The van der Waals surface area contributed by atoms with Crippen molar-refractivity contribution in [2.45, 2.75) is 19.0 Å². The van der Waals surface area contributed by atoms with E-state index in [2.05, 4.69) is 0 Å². The molecule has 0 aliphatic rings. The fraction of sp³-hybridized carbons (Fsp3) is 0.400. The Labute approximate surface area is 153 Å². The van der Waals surface area contributed by atoms with Crippen molar-refractivity contribution in [3.63, 3.8) is 0 Å². The van der Waals surface area contributed by atoms with Gasteiger partial charge in [-0.1, -0.05) is 11.5 Å². The molecule has 0 aromatic heterocycles. The number of hydrogen-bond donors (Lipinski definition) is 0. The summed E-state index contributed by atoms with van der Waals surface area (Å²) in [4.78, 5) is 0. The van der Waals surface area contributed by atoms with Gasteiger partial charge in [0, 0.05) is 12.5 Å². The van der Waals surface area contributed by atoms with Crippen LogP contribution < -0.4 is 61.6 Å². The molecule has 0 fully saturated rings. The quantitative estimate of drug-likeness (QED) is 0.437. The van der Waals surface area contributed by atoms with Crippen LogP contribution in [0.4, 0.5) is 30.5 Å².